The average Bonchev–Trinajstić information content (AvgIpc) is 2.43. The highest BCUT2D eigenvalue weighted by atomic mass is 16.5. The zero-order valence-electron chi connectivity index (χ0n) is 12.3. The maximum Gasteiger partial charge on any atom is 0.326 e. The van der Waals surface area contributed by atoms with Crippen LogP contribution in [-0.2, 0) is 9.59 Å². The Balaban J connectivity index is 2.43. The van der Waals surface area contributed by atoms with Crippen LogP contribution in [0, 0.1) is 13.8 Å². The second-order valence-corrected chi connectivity index (χ2v) is 4.77. The minimum absolute atomic E-state index is 0.0150. The zero-order chi connectivity index (χ0) is 15.8. The molecule has 1 rings (SSSR count). The van der Waals surface area contributed by atoms with E-state index in [-0.39, 0.29) is 26.1 Å². The lowest BCUT2D eigenvalue weighted by atomic mass is 10.1. The van der Waals surface area contributed by atoms with Gasteiger partial charge < -0.3 is 20.3 Å². The lowest BCUT2D eigenvalue weighted by Gasteiger charge is -2.14. The molecule has 1 amide bonds. The molecule has 1 aromatic carbocycles. The molecule has 1 aromatic rings. The maximum atomic E-state index is 11.6. The molecule has 3 N–H and O–H groups in total. The highest BCUT2D eigenvalue weighted by molar-refractivity contribution is 5.83. The van der Waals surface area contributed by atoms with Crippen LogP contribution in [0.3, 0.4) is 0 Å². The fraction of sp³-hybridized carbons (Fsp3) is 0.467. The molecule has 21 heavy (non-hydrogen) atoms. The number of ether oxygens (including phenoxy) is 1. The molecule has 6 nitrogen and oxygen atoms in total. The molecule has 0 saturated carbocycles. The lowest BCUT2D eigenvalue weighted by Crippen LogP contribution is -2.41. The molecule has 0 aliphatic carbocycles. The SMILES string of the molecule is Cc1cccc(OCCC(=O)NC(CCO)C(=O)O)c1C. The number of aliphatic hydroxyl groups is 1. The lowest BCUT2D eigenvalue weighted by molar-refractivity contribution is -0.142. The van der Waals surface area contributed by atoms with Gasteiger partial charge in [0, 0.05) is 13.0 Å². The number of nitrogens with one attached hydrogen (secondary N) is 1. The van der Waals surface area contributed by atoms with Crippen molar-refractivity contribution in [2.75, 3.05) is 13.2 Å². The summed E-state index contributed by atoms with van der Waals surface area (Å²) < 4.78 is 5.53. The predicted molar refractivity (Wildman–Crippen MR) is 77.3 cm³/mol. The number of aryl methyl sites for hydroxylation is 1. The minimum Gasteiger partial charge on any atom is -0.493 e. The minimum atomic E-state index is -1.16. The summed E-state index contributed by atoms with van der Waals surface area (Å²) in [5, 5.41) is 20.0. The fourth-order valence-electron chi connectivity index (χ4n) is 1.79. The molecule has 1 unspecified atom stereocenters. The van der Waals surface area contributed by atoms with Gasteiger partial charge in [0.15, 0.2) is 0 Å². The van der Waals surface area contributed by atoms with Gasteiger partial charge in [0.25, 0.3) is 0 Å². The van der Waals surface area contributed by atoms with E-state index >= 15 is 0 Å². The molecule has 0 aliphatic rings. The van der Waals surface area contributed by atoms with Crippen molar-refractivity contribution in [3.05, 3.63) is 29.3 Å². The molecule has 0 heterocycles. The van der Waals surface area contributed by atoms with Gasteiger partial charge in [-0.15, -0.1) is 0 Å². The highest BCUT2D eigenvalue weighted by Crippen LogP contribution is 2.20. The second-order valence-electron chi connectivity index (χ2n) is 4.77. The van der Waals surface area contributed by atoms with Gasteiger partial charge >= 0.3 is 5.97 Å². The molecule has 1 atom stereocenters. The summed E-state index contributed by atoms with van der Waals surface area (Å²) in [6, 6.07) is 4.61. The van der Waals surface area contributed by atoms with Crippen LogP contribution in [0.15, 0.2) is 18.2 Å². The monoisotopic (exact) mass is 295 g/mol. The van der Waals surface area contributed by atoms with E-state index in [2.05, 4.69) is 5.32 Å². The summed E-state index contributed by atoms with van der Waals surface area (Å²) in [5.74, 6) is -0.859. The maximum absolute atomic E-state index is 11.6. The van der Waals surface area contributed by atoms with E-state index in [4.69, 9.17) is 14.9 Å². The molecule has 0 saturated heterocycles. The topological polar surface area (TPSA) is 95.9 Å². The van der Waals surface area contributed by atoms with E-state index in [1.165, 1.54) is 0 Å². The van der Waals surface area contributed by atoms with Crippen molar-refractivity contribution in [3.8, 4) is 5.75 Å². The number of benzene rings is 1. The largest absolute Gasteiger partial charge is 0.493 e. The molecule has 0 fully saturated rings. The van der Waals surface area contributed by atoms with E-state index in [9.17, 15) is 9.59 Å². The first kappa shape index (κ1) is 17.0. The van der Waals surface area contributed by atoms with Gasteiger partial charge in [-0.1, -0.05) is 12.1 Å². The van der Waals surface area contributed by atoms with Crippen LogP contribution in [0.4, 0.5) is 0 Å². The van der Waals surface area contributed by atoms with Gasteiger partial charge in [-0.3, -0.25) is 4.79 Å². The Morgan fingerprint density at radius 1 is 1.33 bits per heavy atom. The van der Waals surface area contributed by atoms with Crippen molar-refractivity contribution in [1.29, 1.82) is 0 Å². The van der Waals surface area contributed by atoms with E-state index in [1.807, 2.05) is 32.0 Å². The summed E-state index contributed by atoms with van der Waals surface area (Å²) in [5.41, 5.74) is 2.12. The van der Waals surface area contributed by atoms with E-state index in [0.29, 0.717) is 5.75 Å². The van der Waals surface area contributed by atoms with Crippen LogP contribution >= 0.6 is 0 Å². The van der Waals surface area contributed by atoms with Crippen molar-refractivity contribution >= 4 is 11.9 Å². The number of carbonyl (C=O) groups excluding carboxylic acids is 1. The average molecular weight is 295 g/mol. The zero-order valence-corrected chi connectivity index (χ0v) is 12.3. The van der Waals surface area contributed by atoms with Crippen molar-refractivity contribution in [2.24, 2.45) is 0 Å². The first-order chi connectivity index (χ1) is 9.95. The van der Waals surface area contributed by atoms with Crippen LogP contribution < -0.4 is 10.1 Å². The van der Waals surface area contributed by atoms with Gasteiger partial charge in [-0.05, 0) is 31.0 Å². The van der Waals surface area contributed by atoms with Crippen LogP contribution in [-0.4, -0.2) is 41.3 Å². The van der Waals surface area contributed by atoms with Crippen LogP contribution in [0.1, 0.15) is 24.0 Å². The van der Waals surface area contributed by atoms with E-state index < -0.39 is 17.9 Å². The molecular weight excluding hydrogens is 274 g/mol. The Bertz CT molecular complexity index is 501. The van der Waals surface area contributed by atoms with Crippen molar-refractivity contribution in [3.63, 3.8) is 0 Å². The van der Waals surface area contributed by atoms with Gasteiger partial charge in [-0.2, -0.15) is 0 Å². The molecule has 116 valence electrons. The van der Waals surface area contributed by atoms with E-state index in [1.54, 1.807) is 0 Å². The molecule has 0 bridgehead atoms. The van der Waals surface area contributed by atoms with Gasteiger partial charge in [0.05, 0.1) is 13.0 Å². The number of aliphatic hydroxyl groups excluding tert-OH is 1. The summed E-state index contributed by atoms with van der Waals surface area (Å²) >= 11 is 0. The molecule has 6 heteroatoms. The fourth-order valence-corrected chi connectivity index (χ4v) is 1.79. The molecule has 0 aromatic heterocycles. The number of amides is 1. The third-order valence-corrected chi connectivity index (χ3v) is 3.19. The van der Waals surface area contributed by atoms with Gasteiger partial charge in [-0.25, -0.2) is 4.79 Å². The number of hydrogen-bond acceptors (Lipinski definition) is 4. The second kappa shape index (κ2) is 8.26. The van der Waals surface area contributed by atoms with Crippen molar-refractivity contribution in [1.82, 2.24) is 5.32 Å². The van der Waals surface area contributed by atoms with Gasteiger partial charge in [0.1, 0.15) is 11.8 Å². The molecular formula is C15H21NO5. The Morgan fingerprint density at radius 2 is 2.05 bits per heavy atom. The third-order valence-electron chi connectivity index (χ3n) is 3.19. The van der Waals surface area contributed by atoms with Crippen molar-refractivity contribution < 1.29 is 24.5 Å². The van der Waals surface area contributed by atoms with Crippen LogP contribution in [0.2, 0.25) is 0 Å². The van der Waals surface area contributed by atoms with Crippen LogP contribution in [0.5, 0.6) is 5.75 Å². The predicted octanol–water partition coefficient (Wildman–Crippen LogP) is 1.02. The third kappa shape index (κ3) is 5.43. The Hall–Kier alpha value is -2.08. The first-order valence-corrected chi connectivity index (χ1v) is 6.77. The van der Waals surface area contributed by atoms with E-state index in [0.717, 1.165) is 11.1 Å². The van der Waals surface area contributed by atoms with Gasteiger partial charge in [0.2, 0.25) is 5.91 Å². The summed E-state index contributed by atoms with van der Waals surface area (Å²) in [7, 11) is 0. The standard InChI is InChI=1S/C15H21NO5/c1-10-4-3-5-13(11(10)2)21-9-7-14(18)16-12(6-8-17)15(19)20/h3-5,12,17H,6-9H2,1-2H3,(H,16,18)(H,19,20). The number of carboxylic acid groups (broad SMARTS) is 1. The Morgan fingerprint density at radius 3 is 2.67 bits per heavy atom. The number of aliphatic carboxylic acids is 1. The summed E-state index contributed by atoms with van der Waals surface area (Å²) in [6.45, 7) is 3.78. The normalized spacial score (nSPS) is 11.8. The smallest absolute Gasteiger partial charge is 0.326 e. The molecule has 0 spiro atoms. The van der Waals surface area contributed by atoms with Crippen LogP contribution in [0.25, 0.3) is 0 Å². The highest BCUT2D eigenvalue weighted by Gasteiger charge is 2.18. The number of rotatable bonds is 8. The number of carboxylic acids is 1. The van der Waals surface area contributed by atoms with Crippen molar-refractivity contribution in [2.45, 2.75) is 32.7 Å². The summed E-state index contributed by atoms with van der Waals surface area (Å²) in [4.78, 5) is 22.5. The first-order valence-electron chi connectivity index (χ1n) is 6.77. The summed E-state index contributed by atoms with van der Waals surface area (Å²) in [6.07, 6.45) is 0.0432. The Kier molecular flexibility index (Phi) is 6.68. The Labute approximate surface area is 123 Å². The molecule has 0 radical (unpaired) electrons. The number of carbonyl (C=O) groups is 2. The molecule has 0 aliphatic heterocycles. The quantitative estimate of drug-likeness (QED) is 0.665. The number of hydrogen-bond donors (Lipinski definition) is 3.